The van der Waals surface area contributed by atoms with Crippen LogP contribution in [-0.2, 0) is 27.8 Å². The maximum atomic E-state index is 13.3. The fourth-order valence-electron chi connectivity index (χ4n) is 3.44. The predicted molar refractivity (Wildman–Crippen MR) is 127 cm³/mol. The van der Waals surface area contributed by atoms with E-state index in [0.717, 1.165) is 16.7 Å². The summed E-state index contributed by atoms with van der Waals surface area (Å²) < 4.78 is 39.7. The number of amides is 1. The summed E-state index contributed by atoms with van der Waals surface area (Å²) in [5, 5.41) is 2.83. The van der Waals surface area contributed by atoms with E-state index in [1.54, 1.807) is 32.2 Å². The highest BCUT2D eigenvalue weighted by Crippen LogP contribution is 2.25. The van der Waals surface area contributed by atoms with Crippen molar-refractivity contribution >= 4 is 15.9 Å². The van der Waals surface area contributed by atoms with Crippen LogP contribution in [0, 0.1) is 6.92 Å². The van der Waals surface area contributed by atoms with Gasteiger partial charge in [-0.1, -0.05) is 54.6 Å². The van der Waals surface area contributed by atoms with Crippen molar-refractivity contribution in [2.24, 2.45) is 0 Å². The van der Waals surface area contributed by atoms with Gasteiger partial charge in [-0.3, -0.25) is 4.79 Å². The molecule has 0 aliphatic carbocycles. The van der Waals surface area contributed by atoms with Crippen molar-refractivity contribution in [3.63, 3.8) is 0 Å². The summed E-state index contributed by atoms with van der Waals surface area (Å²) >= 11 is 0. The minimum atomic E-state index is -4.05. The monoisotopic (exact) mass is 468 g/mol. The molecule has 0 heterocycles. The highest BCUT2D eigenvalue weighted by Gasteiger charge is 2.28. The van der Waals surface area contributed by atoms with Gasteiger partial charge in [0.2, 0.25) is 15.9 Å². The van der Waals surface area contributed by atoms with Gasteiger partial charge in [0, 0.05) is 12.1 Å². The van der Waals surface area contributed by atoms with E-state index in [1.807, 2.05) is 48.5 Å². The van der Waals surface area contributed by atoms with Gasteiger partial charge in [-0.05, 0) is 42.7 Å². The van der Waals surface area contributed by atoms with Crippen LogP contribution in [0.15, 0.2) is 77.7 Å². The topological polar surface area (TPSA) is 93.7 Å². The van der Waals surface area contributed by atoms with Gasteiger partial charge < -0.3 is 14.8 Å². The quantitative estimate of drug-likeness (QED) is 0.477. The van der Waals surface area contributed by atoms with Crippen molar-refractivity contribution in [1.29, 1.82) is 0 Å². The Kier molecular flexibility index (Phi) is 8.08. The van der Waals surface area contributed by atoms with E-state index in [1.165, 1.54) is 13.2 Å². The average Bonchev–Trinajstić information content (AvgIpc) is 2.82. The molecular weight excluding hydrogens is 440 g/mol. The molecule has 174 valence electrons. The number of hydrogen-bond donors (Lipinski definition) is 2. The van der Waals surface area contributed by atoms with Gasteiger partial charge >= 0.3 is 0 Å². The molecule has 0 aliphatic rings. The minimum absolute atomic E-state index is 0.0133. The first-order valence-corrected chi connectivity index (χ1v) is 11.9. The first-order valence-electron chi connectivity index (χ1n) is 10.4. The zero-order valence-electron chi connectivity index (χ0n) is 18.9. The third-order valence-corrected chi connectivity index (χ3v) is 6.64. The number of ether oxygens (including phenoxy) is 2. The Morgan fingerprint density at radius 1 is 0.909 bits per heavy atom. The van der Waals surface area contributed by atoms with Crippen LogP contribution < -0.4 is 19.5 Å². The normalized spacial score (nSPS) is 12.1. The SMILES string of the molecule is COc1ccccc1CNC(=O)[C@@H](Cc1ccccc1)NS(=O)(=O)c1cc(C)ccc1OC. The number of aryl methyl sites for hydroxylation is 1. The largest absolute Gasteiger partial charge is 0.496 e. The third kappa shape index (κ3) is 6.34. The Hall–Kier alpha value is -3.36. The van der Waals surface area contributed by atoms with Crippen molar-refractivity contribution in [1.82, 2.24) is 10.0 Å². The van der Waals surface area contributed by atoms with Gasteiger partial charge in [0.1, 0.15) is 22.4 Å². The highest BCUT2D eigenvalue weighted by molar-refractivity contribution is 7.89. The third-order valence-electron chi connectivity index (χ3n) is 5.15. The molecule has 0 aliphatic heterocycles. The molecule has 8 heteroatoms. The molecule has 33 heavy (non-hydrogen) atoms. The first kappa shape index (κ1) is 24.3. The maximum absolute atomic E-state index is 13.3. The van der Waals surface area contributed by atoms with E-state index in [4.69, 9.17) is 9.47 Å². The molecule has 3 aromatic rings. The van der Waals surface area contributed by atoms with Crippen LogP contribution in [0.2, 0.25) is 0 Å². The molecule has 3 rings (SSSR count). The molecule has 0 unspecified atom stereocenters. The summed E-state index contributed by atoms with van der Waals surface area (Å²) in [5.41, 5.74) is 2.38. The van der Waals surface area contributed by atoms with E-state index < -0.39 is 22.0 Å². The van der Waals surface area contributed by atoms with E-state index in [0.29, 0.717) is 5.75 Å². The Morgan fingerprint density at radius 3 is 2.27 bits per heavy atom. The number of sulfonamides is 1. The molecule has 1 atom stereocenters. The molecule has 0 spiro atoms. The number of benzene rings is 3. The summed E-state index contributed by atoms with van der Waals surface area (Å²) in [6.45, 7) is 1.99. The molecule has 0 fully saturated rings. The van der Waals surface area contributed by atoms with Gasteiger partial charge in [-0.15, -0.1) is 0 Å². The fourth-order valence-corrected chi connectivity index (χ4v) is 4.89. The number of para-hydroxylation sites is 1. The standard InChI is InChI=1S/C25H28N2O5S/c1-18-13-14-23(32-3)24(15-18)33(29,30)27-21(16-19-9-5-4-6-10-19)25(28)26-17-20-11-7-8-12-22(20)31-2/h4-15,21,27H,16-17H2,1-3H3,(H,26,28)/t21-/m1/s1. The molecule has 0 saturated carbocycles. The zero-order chi connectivity index (χ0) is 23.8. The first-order chi connectivity index (χ1) is 15.8. The summed E-state index contributed by atoms with van der Waals surface area (Å²) in [7, 11) is -1.08. The average molecular weight is 469 g/mol. The van der Waals surface area contributed by atoms with Gasteiger partial charge in [-0.2, -0.15) is 4.72 Å². The molecule has 2 N–H and O–H groups in total. The van der Waals surface area contributed by atoms with Crippen LogP contribution in [0.4, 0.5) is 0 Å². The summed E-state index contributed by atoms with van der Waals surface area (Å²) in [5.74, 6) is 0.406. The number of carbonyl (C=O) groups excluding carboxylic acids is 1. The molecule has 1 amide bonds. The van der Waals surface area contributed by atoms with Crippen LogP contribution in [0.25, 0.3) is 0 Å². The van der Waals surface area contributed by atoms with Crippen molar-refractivity contribution in [3.05, 3.63) is 89.5 Å². The van der Waals surface area contributed by atoms with E-state index in [2.05, 4.69) is 10.0 Å². The molecule has 3 aromatic carbocycles. The van der Waals surface area contributed by atoms with Crippen LogP contribution in [0.1, 0.15) is 16.7 Å². The fraction of sp³-hybridized carbons (Fsp3) is 0.240. The smallest absolute Gasteiger partial charge is 0.244 e. The van der Waals surface area contributed by atoms with Crippen LogP contribution in [0.5, 0.6) is 11.5 Å². The number of hydrogen-bond acceptors (Lipinski definition) is 5. The second-order valence-corrected chi connectivity index (χ2v) is 9.23. The molecule has 7 nitrogen and oxygen atoms in total. The Morgan fingerprint density at radius 2 is 1.58 bits per heavy atom. The zero-order valence-corrected chi connectivity index (χ0v) is 19.7. The van der Waals surface area contributed by atoms with Gasteiger partial charge in [0.05, 0.1) is 14.2 Å². The van der Waals surface area contributed by atoms with Crippen molar-refractivity contribution in [3.8, 4) is 11.5 Å². The summed E-state index contributed by atoms with van der Waals surface area (Å²) in [6, 6.07) is 20.4. The molecule has 0 saturated heterocycles. The van der Waals surface area contributed by atoms with Crippen LogP contribution >= 0.6 is 0 Å². The highest BCUT2D eigenvalue weighted by atomic mass is 32.2. The Labute approximate surface area is 194 Å². The number of methoxy groups -OCH3 is 2. The van der Waals surface area contributed by atoms with E-state index in [-0.39, 0.29) is 23.6 Å². The second-order valence-electron chi connectivity index (χ2n) is 7.55. The molecule has 0 aromatic heterocycles. The van der Waals surface area contributed by atoms with Gasteiger partial charge in [-0.25, -0.2) is 8.42 Å². The van der Waals surface area contributed by atoms with Crippen molar-refractivity contribution < 1.29 is 22.7 Å². The lowest BCUT2D eigenvalue weighted by Gasteiger charge is -2.20. The van der Waals surface area contributed by atoms with Gasteiger partial charge in [0.25, 0.3) is 0 Å². The minimum Gasteiger partial charge on any atom is -0.496 e. The molecule has 0 radical (unpaired) electrons. The van der Waals surface area contributed by atoms with Crippen molar-refractivity contribution in [2.45, 2.75) is 30.8 Å². The van der Waals surface area contributed by atoms with E-state index in [9.17, 15) is 13.2 Å². The number of carbonyl (C=O) groups is 1. The lowest BCUT2D eigenvalue weighted by Crippen LogP contribution is -2.47. The summed E-state index contributed by atoms with van der Waals surface area (Å²) in [4.78, 5) is 13.1. The molecule has 0 bridgehead atoms. The molecular formula is C25H28N2O5S. The maximum Gasteiger partial charge on any atom is 0.244 e. The number of rotatable bonds is 10. The Bertz CT molecular complexity index is 1200. The number of nitrogens with one attached hydrogen (secondary N) is 2. The van der Waals surface area contributed by atoms with Crippen LogP contribution in [0.3, 0.4) is 0 Å². The van der Waals surface area contributed by atoms with Crippen molar-refractivity contribution in [2.75, 3.05) is 14.2 Å². The lowest BCUT2D eigenvalue weighted by atomic mass is 10.1. The van der Waals surface area contributed by atoms with Gasteiger partial charge in [0.15, 0.2) is 0 Å². The van der Waals surface area contributed by atoms with Crippen LogP contribution in [-0.4, -0.2) is 34.6 Å². The van der Waals surface area contributed by atoms with E-state index >= 15 is 0 Å². The Balaban J connectivity index is 1.86. The predicted octanol–water partition coefficient (Wildman–Crippen LogP) is 3.22. The lowest BCUT2D eigenvalue weighted by molar-refractivity contribution is -0.122. The second kappa shape index (κ2) is 11.0. The summed E-state index contributed by atoms with van der Waals surface area (Å²) in [6.07, 6.45) is 0.186.